The van der Waals surface area contributed by atoms with Crippen LogP contribution in [0.15, 0.2) is 16.5 Å². The van der Waals surface area contributed by atoms with E-state index in [1.807, 2.05) is 12.1 Å². The Morgan fingerprint density at radius 1 is 0.812 bits per heavy atom. The average Bonchev–Trinajstić information content (AvgIpc) is 3.25. The first-order chi connectivity index (χ1) is 15.3. The van der Waals surface area contributed by atoms with Gasteiger partial charge in [-0.2, -0.15) is 0 Å². The molecule has 0 amide bonds. The smallest absolute Gasteiger partial charge is 0.303 e. The summed E-state index contributed by atoms with van der Waals surface area (Å²) in [5, 5.41) is 9.18. The lowest BCUT2D eigenvalue weighted by Crippen LogP contribution is -2.33. The van der Waals surface area contributed by atoms with Crippen molar-refractivity contribution in [2.24, 2.45) is 0 Å². The molecule has 0 spiro atoms. The van der Waals surface area contributed by atoms with Gasteiger partial charge in [0.05, 0.1) is 5.41 Å². The third-order valence-electron chi connectivity index (χ3n) is 6.38. The third-order valence-corrected chi connectivity index (χ3v) is 6.38. The minimum atomic E-state index is -1.01. The molecule has 0 aliphatic rings. The summed E-state index contributed by atoms with van der Waals surface area (Å²) in [5.74, 6) is 0.438. The molecule has 32 heavy (non-hydrogen) atoms. The van der Waals surface area contributed by atoms with E-state index in [0.717, 1.165) is 44.3 Å². The summed E-state index contributed by atoms with van der Waals surface area (Å²) in [6, 6.07) is 3.72. The first-order valence-electron chi connectivity index (χ1n) is 12.7. The van der Waals surface area contributed by atoms with Gasteiger partial charge in [0.1, 0.15) is 23.1 Å². The van der Waals surface area contributed by atoms with Gasteiger partial charge >= 0.3 is 5.97 Å². The Labute approximate surface area is 194 Å². The number of unbranched alkanes of at least 4 members (excludes halogenated alkanes) is 8. The molecule has 0 aliphatic heterocycles. The van der Waals surface area contributed by atoms with Crippen molar-refractivity contribution in [1.82, 2.24) is 0 Å². The number of aliphatic carboxylic acids is 1. The lowest BCUT2D eigenvalue weighted by atomic mass is 9.77. The highest BCUT2D eigenvalue weighted by atomic mass is 16.4. The van der Waals surface area contributed by atoms with E-state index in [-0.39, 0.29) is 37.2 Å². The highest BCUT2D eigenvalue weighted by Gasteiger charge is 2.38. The highest BCUT2D eigenvalue weighted by molar-refractivity contribution is 5.92. The van der Waals surface area contributed by atoms with E-state index >= 15 is 0 Å². The van der Waals surface area contributed by atoms with E-state index in [0.29, 0.717) is 12.2 Å². The average molecular weight is 449 g/mol. The second-order valence-corrected chi connectivity index (χ2v) is 9.28. The zero-order valence-corrected chi connectivity index (χ0v) is 20.5. The van der Waals surface area contributed by atoms with Crippen LogP contribution < -0.4 is 0 Å². The van der Waals surface area contributed by atoms with Crippen LogP contribution in [-0.4, -0.2) is 22.6 Å². The summed E-state index contributed by atoms with van der Waals surface area (Å²) < 4.78 is 6.02. The maximum absolute atomic E-state index is 13.1. The number of carbonyl (C=O) groups excluding carboxylic acids is 2. The van der Waals surface area contributed by atoms with Crippen LogP contribution in [0.25, 0.3) is 0 Å². The molecule has 1 aromatic rings. The molecule has 1 heterocycles. The number of hydrogen-bond acceptors (Lipinski definition) is 4. The molecule has 1 N–H and O–H groups in total. The molecule has 0 aromatic carbocycles. The van der Waals surface area contributed by atoms with Gasteiger partial charge < -0.3 is 9.52 Å². The Hall–Kier alpha value is -1.91. The predicted molar refractivity (Wildman–Crippen MR) is 128 cm³/mol. The number of hydrogen-bond donors (Lipinski definition) is 1. The highest BCUT2D eigenvalue weighted by Crippen LogP contribution is 2.34. The fraction of sp³-hybridized carbons (Fsp3) is 0.741. The van der Waals surface area contributed by atoms with Crippen molar-refractivity contribution in [2.45, 2.75) is 129 Å². The number of carboxylic acid groups (broad SMARTS) is 1. The molecule has 1 rings (SSSR count). The quantitative estimate of drug-likeness (QED) is 0.213. The summed E-state index contributed by atoms with van der Waals surface area (Å²) in [6.07, 6.45) is 13.1. The topological polar surface area (TPSA) is 84.6 Å². The normalized spacial score (nSPS) is 13.1. The van der Waals surface area contributed by atoms with Crippen LogP contribution in [0.2, 0.25) is 0 Å². The van der Waals surface area contributed by atoms with Crippen LogP contribution in [-0.2, 0) is 26.2 Å². The molecule has 0 aliphatic carbocycles. The Morgan fingerprint density at radius 3 is 2.06 bits per heavy atom. The Morgan fingerprint density at radius 2 is 1.44 bits per heavy atom. The molecule has 0 radical (unpaired) electrons. The molecule has 1 unspecified atom stereocenters. The van der Waals surface area contributed by atoms with Gasteiger partial charge in [-0.25, -0.2) is 0 Å². The monoisotopic (exact) mass is 448 g/mol. The van der Waals surface area contributed by atoms with Crippen molar-refractivity contribution in [1.29, 1.82) is 0 Å². The third kappa shape index (κ3) is 10.6. The summed E-state index contributed by atoms with van der Waals surface area (Å²) in [7, 11) is 0. The van der Waals surface area contributed by atoms with Crippen LogP contribution in [0.1, 0.15) is 129 Å². The van der Waals surface area contributed by atoms with Crippen LogP contribution in [0.5, 0.6) is 0 Å². The van der Waals surface area contributed by atoms with Crippen molar-refractivity contribution in [3.8, 4) is 0 Å². The summed E-state index contributed by atoms with van der Waals surface area (Å²) in [5.41, 5.74) is -1.01. The van der Waals surface area contributed by atoms with Gasteiger partial charge in [0, 0.05) is 32.1 Å². The van der Waals surface area contributed by atoms with Crippen molar-refractivity contribution in [3.05, 3.63) is 23.7 Å². The molecule has 0 saturated carbocycles. The fourth-order valence-corrected chi connectivity index (χ4v) is 4.05. The molecular weight excluding hydrogens is 404 g/mol. The van der Waals surface area contributed by atoms with Crippen molar-refractivity contribution >= 4 is 17.5 Å². The van der Waals surface area contributed by atoms with Gasteiger partial charge in [-0.15, -0.1) is 0 Å². The number of carboxylic acids is 1. The number of Topliss-reactive ketones (excluding diaryl/α,β-unsaturated/α-hetero) is 2. The largest absolute Gasteiger partial charge is 0.481 e. The van der Waals surface area contributed by atoms with Crippen molar-refractivity contribution in [3.63, 3.8) is 0 Å². The van der Waals surface area contributed by atoms with E-state index in [1.54, 1.807) is 6.92 Å². The second-order valence-electron chi connectivity index (χ2n) is 9.28. The first kappa shape index (κ1) is 28.1. The number of aryl methyl sites for hydroxylation is 1. The summed E-state index contributed by atoms with van der Waals surface area (Å²) >= 11 is 0. The van der Waals surface area contributed by atoms with E-state index in [9.17, 15) is 19.5 Å². The van der Waals surface area contributed by atoms with Crippen molar-refractivity contribution < 1.29 is 23.9 Å². The number of ketones is 2. The molecule has 5 nitrogen and oxygen atoms in total. The van der Waals surface area contributed by atoms with Crippen LogP contribution in [0.4, 0.5) is 0 Å². The van der Waals surface area contributed by atoms with Gasteiger partial charge in [0.2, 0.25) is 0 Å². The Balaban J connectivity index is 2.67. The minimum Gasteiger partial charge on any atom is -0.481 e. The standard InChI is InChI=1S/C27H44O5/c1-4-6-8-10-12-14-22(28)16-18-24(29)27(3,21-20-26(30)31)25-19-17-23(32-25)15-13-11-9-7-5-2/h17,19H,4-16,18,20-21H2,1-3H3,(H,30,31). The molecule has 0 bridgehead atoms. The maximum Gasteiger partial charge on any atom is 0.303 e. The van der Waals surface area contributed by atoms with Gasteiger partial charge in [0.15, 0.2) is 0 Å². The number of rotatable bonds is 20. The first-order valence-corrected chi connectivity index (χ1v) is 12.7. The summed E-state index contributed by atoms with van der Waals surface area (Å²) in [4.78, 5) is 36.6. The van der Waals surface area contributed by atoms with Gasteiger partial charge in [-0.05, 0) is 38.3 Å². The van der Waals surface area contributed by atoms with E-state index in [4.69, 9.17) is 4.42 Å². The van der Waals surface area contributed by atoms with Crippen LogP contribution >= 0.6 is 0 Å². The lowest BCUT2D eigenvalue weighted by molar-refractivity contribution is -0.138. The maximum atomic E-state index is 13.1. The molecule has 182 valence electrons. The predicted octanol–water partition coefficient (Wildman–Crippen LogP) is 7.19. The molecule has 1 atom stereocenters. The zero-order chi connectivity index (χ0) is 23.8. The van der Waals surface area contributed by atoms with Crippen LogP contribution in [0, 0.1) is 0 Å². The number of furan rings is 1. The molecule has 0 saturated heterocycles. The SMILES string of the molecule is CCCCCCCC(=O)CCC(=O)C(C)(CCC(=O)O)c1ccc(CCCCCCC)o1. The number of carbonyl (C=O) groups is 3. The second kappa shape index (κ2) is 15.8. The van der Waals surface area contributed by atoms with Gasteiger partial charge in [-0.1, -0.05) is 65.2 Å². The lowest BCUT2D eigenvalue weighted by Gasteiger charge is -2.25. The fourth-order valence-electron chi connectivity index (χ4n) is 4.05. The molecular formula is C27H44O5. The Bertz CT molecular complexity index is 690. The molecule has 0 fully saturated rings. The Kier molecular flexibility index (Phi) is 13.9. The summed E-state index contributed by atoms with van der Waals surface area (Å²) in [6.45, 7) is 6.11. The zero-order valence-electron chi connectivity index (χ0n) is 20.5. The van der Waals surface area contributed by atoms with E-state index in [2.05, 4.69) is 13.8 Å². The van der Waals surface area contributed by atoms with E-state index < -0.39 is 11.4 Å². The minimum absolute atomic E-state index is 0.109. The van der Waals surface area contributed by atoms with E-state index in [1.165, 1.54) is 32.1 Å². The van der Waals surface area contributed by atoms with Crippen LogP contribution in [0.3, 0.4) is 0 Å². The van der Waals surface area contributed by atoms with Gasteiger partial charge in [0.25, 0.3) is 0 Å². The molecule has 5 heteroatoms. The van der Waals surface area contributed by atoms with Crippen molar-refractivity contribution in [2.75, 3.05) is 0 Å². The van der Waals surface area contributed by atoms with Gasteiger partial charge in [-0.3, -0.25) is 14.4 Å². The molecule has 1 aromatic heterocycles.